The molecule has 1 aliphatic carbocycles. The van der Waals surface area contributed by atoms with E-state index in [2.05, 4.69) is 55.1 Å². The molecule has 9 nitrogen and oxygen atoms in total. The molecular formula is C26H28N8O. The lowest BCUT2D eigenvalue weighted by Gasteiger charge is -2.28. The minimum absolute atomic E-state index is 0.0260. The van der Waals surface area contributed by atoms with Crippen LogP contribution in [0.2, 0.25) is 0 Å². The number of hydrogen-bond acceptors (Lipinski definition) is 7. The molecule has 0 spiro atoms. The number of benzene rings is 1. The third kappa shape index (κ3) is 3.49. The number of anilines is 1. The molecule has 1 unspecified atom stereocenters. The largest absolute Gasteiger partial charge is 0.324 e. The van der Waals surface area contributed by atoms with E-state index < -0.39 is 5.54 Å². The van der Waals surface area contributed by atoms with Crippen LogP contribution in [0.3, 0.4) is 0 Å². The Morgan fingerprint density at radius 1 is 1.17 bits per heavy atom. The van der Waals surface area contributed by atoms with Crippen molar-refractivity contribution in [3.8, 4) is 22.6 Å². The number of rotatable bonds is 6. The first-order valence-electron chi connectivity index (χ1n) is 12.1. The first kappa shape index (κ1) is 21.8. The fraction of sp³-hybridized carbons (Fsp3) is 0.385. The van der Waals surface area contributed by atoms with Gasteiger partial charge in [0, 0.05) is 41.8 Å². The highest BCUT2D eigenvalue weighted by Gasteiger charge is 2.45. The zero-order chi connectivity index (χ0) is 24.3. The van der Waals surface area contributed by atoms with E-state index in [1.165, 1.54) is 12.8 Å². The van der Waals surface area contributed by atoms with Crippen molar-refractivity contribution in [1.82, 2.24) is 34.8 Å². The zero-order valence-electron chi connectivity index (χ0n) is 20.3. The van der Waals surface area contributed by atoms with Crippen molar-refractivity contribution in [3.63, 3.8) is 0 Å². The van der Waals surface area contributed by atoms with Crippen molar-refractivity contribution in [2.75, 3.05) is 5.32 Å². The summed E-state index contributed by atoms with van der Waals surface area (Å²) in [6, 6.07) is 6.26. The normalized spacial score (nSPS) is 20.2. The van der Waals surface area contributed by atoms with Crippen molar-refractivity contribution >= 4 is 22.8 Å². The molecular weight excluding hydrogens is 440 g/mol. The fourth-order valence-corrected chi connectivity index (χ4v) is 5.07. The quantitative estimate of drug-likeness (QED) is 0.442. The predicted molar refractivity (Wildman–Crippen MR) is 133 cm³/mol. The maximum absolute atomic E-state index is 13.0. The lowest BCUT2D eigenvalue weighted by atomic mass is 9.90. The Hall–Kier alpha value is -3.72. The molecule has 4 aromatic rings. The highest BCUT2D eigenvalue weighted by molar-refractivity contribution is 6.06. The van der Waals surface area contributed by atoms with Gasteiger partial charge in [-0.3, -0.25) is 10.1 Å². The highest BCUT2D eigenvalue weighted by atomic mass is 16.2. The van der Waals surface area contributed by atoms with Crippen LogP contribution in [-0.4, -0.2) is 41.4 Å². The van der Waals surface area contributed by atoms with E-state index >= 15 is 0 Å². The minimum Gasteiger partial charge on any atom is -0.324 e. The van der Waals surface area contributed by atoms with Crippen LogP contribution >= 0.6 is 0 Å². The Labute approximate surface area is 203 Å². The van der Waals surface area contributed by atoms with Gasteiger partial charge in [-0.2, -0.15) is 0 Å². The topological polar surface area (TPSA) is 111 Å². The molecule has 1 fully saturated rings. The van der Waals surface area contributed by atoms with E-state index in [9.17, 15) is 4.79 Å². The third-order valence-electron chi connectivity index (χ3n) is 7.27. The molecule has 1 amide bonds. The second-order valence-corrected chi connectivity index (χ2v) is 9.70. The number of carbonyl (C=O) groups is 1. The molecule has 0 saturated heterocycles. The molecule has 2 atom stereocenters. The number of carbonyl (C=O) groups excluding carboxylic acids is 1. The molecule has 9 heteroatoms. The van der Waals surface area contributed by atoms with Crippen molar-refractivity contribution < 1.29 is 4.79 Å². The van der Waals surface area contributed by atoms with Gasteiger partial charge in [0.2, 0.25) is 5.91 Å². The molecule has 4 heterocycles. The fourth-order valence-electron chi connectivity index (χ4n) is 5.07. The van der Waals surface area contributed by atoms with Gasteiger partial charge in [-0.1, -0.05) is 6.07 Å². The molecule has 1 aromatic carbocycles. The maximum Gasteiger partial charge on any atom is 0.249 e. The molecule has 0 radical (unpaired) electrons. The molecule has 1 aliphatic heterocycles. The van der Waals surface area contributed by atoms with Crippen LogP contribution in [-0.2, 0) is 16.9 Å². The summed E-state index contributed by atoms with van der Waals surface area (Å²) >= 11 is 0. The molecule has 35 heavy (non-hydrogen) atoms. The van der Waals surface area contributed by atoms with Gasteiger partial charge in [-0.25, -0.2) is 24.9 Å². The van der Waals surface area contributed by atoms with E-state index in [1.54, 1.807) is 18.7 Å². The van der Waals surface area contributed by atoms with Gasteiger partial charge in [0.05, 0.1) is 5.56 Å². The molecule has 3 aromatic heterocycles. The monoisotopic (exact) mass is 468 g/mol. The molecule has 0 bridgehead atoms. The van der Waals surface area contributed by atoms with Crippen LogP contribution in [0.1, 0.15) is 45.0 Å². The molecule has 178 valence electrons. The average molecular weight is 469 g/mol. The summed E-state index contributed by atoms with van der Waals surface area (Å²) in [5.41, 5.74) is 4.89. The van der Waals surface area contributed by atoms with Crippen LogP contribution in [0.4, 0.5) is 5.69 Å². The van der Waals surface area contributed by atoms with E-state index in [0.29, 0.717) is 23.8 Å². The number of hydrogen-bond donors (Lipinski definition) is 2. The number of amides is 1. The van der Waals surface area contributed by atoms with Gasteiger partial charge in [-0.05, 0) is 58.6 Å². The van der Waals surface area contributed by atoms with Crippen LogP contribution in [0.25, 0.3) is 33.8 Å². The van der Waals surface area contributed by atoms with E-state index in [0.717, 1.165) is 39.5 Å². The number of imidazole rings is 1. The van der Waals surface area contributed by atoms with Gasteiger partial charge in [0.15, 0.2) is 5.65 Å². The van der Waals surface area contributed by atoms with Crippen LogP contribution in [0, 0.1) is 12.8 Å². The number of fused-ring (bicyclic) bond motifs is 2. The first-order valence-corrected chi connectivity index (χ1v) is 12.1. The highest BCUT2D eigenvalue weighted by Crippen LogP contribution is 2.41. The Balaban J connectivity index is 1.47. The predicted octanol–water partition coefficient (Wildman–Crippen LogP) is 3.83. The Morgan fingerprint density at radius 2 is 1.94 bits per heavy atom. The first-order chi connectivity index (χ1) is 16.9. The molecule has 1 saturated carbocycles. The number of aryl methyl sites for hydroxylation is 2. The van der Waals surface area contributed by atoms with Crippen molar-refractivity contribution in [1.29, 1.82) is 0 Å². The second-order valence-electron chi connectivity index (χ2n) is 9.70. The molecule has 2 aliphatic rings. The Morgan fingerprint density at radius 3 is 2.66 bits per heavy atom. The van der Waals surface area contributed by atoms with Crippen LogP contribution in [0.5, 0.6) is 0 Å². The number of aromatic nitrogens is 6. The standard InChI is InChI=1S/C26H28N8O/c1-5-34-23(18-11-27-15(3)28-12-18)32-22-21(29-13-30-24(22)34)17-8-9-20-19(10-17)26(4,25(35)31-20)33-14(2)16-6-7-16/h8-14,16,33H,5-7H2,1-4H3,(H,31,35)/t14-,26?/m0/s1. The number of nitrogens with zero attached hydrogens (tertiary/aromatic N) is 6. The molecule has 2 N–H and O–H groups in total. The van der Waals surface area contributed by atoms with Gasteiger partial charge < -0.3 is 9.88 Å². The molecule has 6 rings (SSSR count). The summed E-state index contributed by atoms with van der Waals surface area (Å²) in [5.74, 6) is 2.08. The summed E-state index contributed by atoms with van der Waals surface area (Å²) in [5, 5.41) is 6.66. The lowest BCUT2D eigenvalue weighted by Crippen LogP contribution is -2.50. The Kier molecular flexibility index (Phi) is 4.93. The summed E-state index contributed by atoms with van der Waals surface area (Å²) in [7, 11) is 0. The van der Waals surface area contributed by atoms with Gasteiger partial charge in [0.1, 0.15) is 34.7 Å². The lowest BCUT2D eigenvalue weighted by molar-refractivity contribution is -0.121. The van der Waals surface area contributed by atoms with Crippen LogP contribution in [0.15, 0.2) is 36.9 Å². The minimum atomic E-state index is -0.799. The summed E-state index contributed by atoms with van der Waals surface area (Å²) in [6.07, 6.45) is 7.57. The van der Waals surface area contributed by atoms with Crippen molar-refractivity contribution in [2.24, 2.45) is 5.92 Å². The van der Waals surface area contributed by atoms with E-state index in [1.807, 2.05) is 26.0 Å². The average Bonchev–Trinajstić information content (AvgIpc) is 3.60. The third-order valence-corrected chi connectivity index (χ3v) is 7.27. The van der Waals surface area contributed by atoms with Gasteiger partial charge in [0.25, 0.3) is 0 Å². The van der Waals surface area contributed by atoms with Crippen molar-refractivity contribution in [2.45, 2.75) is 58.7 Å². The second kappa shape index (κ2) is 7.91. The van der Waals surface area contributed by atoms with Gasteiger partial charge >= 0.3 is 0 Å². The van der Waals surface area contributed by atoms with Gasteiger partial charge in [-0.15, -0.1) is 0 Å². The van der Waals surface area contributed by atoms with Crippen molar-refractivity contribution in [3.05, 3.63) is 48.3 Å². The maximum atomic E-state index is 13.0. The SMILES string of the molecule is CCn1c(-c2cnc(C)nc2)nc2c(-c3ccc4c(c3)C(C)(N[C@@H](C)C3CC3)C(=O)N4)ncnc21. The summed E-state index contributed by atoms with van der Waals surface area (Å²) in [6.45, 7) is 8.75. The summed E-state index contributed by atoms with van der Waals surface area (Å²) < 4.78 is 2.05. The van der Waals surface area contributed by atoms with E-state index in [-0.39, 0.29) is 11.9 Å². The Bertz CT molecular complexity index is 1460. The zero-order valence-corrected chi connectivity index (χ0v) is 20.3. The van der Waals surface area contributed by atoms with E-state index in [4.69, 9.17) is 4.98 Å². The summed E-state index contributed by atoms with van der Waals surface area (Å²) in [4.78, 5) is 35.8. The smallest absolute Gasteiger partial charge is 0.249 e. The van der Waals surface area contributed by atoms with Crippen LogP contribution < -0.4 is 10.6 Å². The number of nitrogens with one attached hydrogen (secondary N) is 2.